The topological polar surface area (TPSA) is 49.8 Å². The smallest absolute Gasteiger partial charge is 0.308 e. The predicted octanol–water partition coefficient (Wildman–Crippen LogP) is 2.57. The molecule has 0 amide bonds. The molecule has 0 bridgehead atoms. The molecule has 2 unspecified atom stereocenters. The third-order valence-corrected chi connectivity index (χ3v) is 3.72. The van der Waals surface area contributed by atoms with Crippen LogP contribution < -0.4 is 9.64 Å². The Bertz CT molecular complexity index is 489. The highest BCUT2D eigenvalue weighted by molar-refractivity contribution is 6.32. The highest BCUT2D eigenvalue weighted by Crippen LogP contribution is 2.40. The van der Waals surface area contributed by atoms with E-state index in [1.807, 2.05) is 31.0 Å². The van der Waals surface area contributed by atoms with E-state index in [9.17, 15) is 4.79 Å². The molecule has 1 N–H and O–H groups in total. The van der Waals surface area contributed by atoms with Crippen LogP contribution >= 0.6 is 11.6 Å². The van der Waals surface area contributed by atoms with Crippen molar-refractivity contribution in [2.45, 2.75) is 19.4 Å². The van der Waals surface area contributed by atoms with Crippen LogP contribution in [0, 0.1) is 12.8 Å². The number of halogens is 1. The molecule has 1 fully saturated rings. The van der Waals surface area contributed by atoms with Gasteiger partial charge in [0.25, 0.3) is 0 Å². The number of carboxylic acids is 1. The molecule has 0 radical (unpaired) electrons. The van der Waals surface area contributed by atoms with Crippen molar-refractivity contribution in [1.29, 1.82) is 0 Å². The quantitative estimate of drug-likeness (QED) is 0.913. The van der Waals surface area contributed by atoms with Crippen molar-refractivity contribution in [3.8, 4) is 5.75 Å². The van der Waals surface area contributed by atoms with Crippen LogP contribution in [0.5, 0.6) is 5.75 Å². The van der Waals surface area contributed by atoms with E-state index in [1.165, 1.54) is 0 Å². The first-order chi connectivity index (χ1) is 8.45. The van der Waals surface area contributed by atoms with Gasteiger partial charge in [0.05, 0.1) is 18.1 Å². The van der Waals surface area contributed by atoms with E-state index in [1.54, 1.807) is 7.11 Å². The molecule has 1 aliphatic rings. The van der Waals surface area contributed by atoms with Crippen molar-refractivity contribution in [2.75, 3.05) is 19.1 Å². The average Bonchev–Trinajstić information content (AvgIpc) is 3.10. The molecule has 98 valence electrons. The summed E-state index contributed by atoms with van der Waals surface area (Å²) in [6.07, 6.45) is 0.689. The number of anilines is 1. The molecule has 1 aromatic carbocycles. The van der Waals surface area contributed by atoms with Crippen molar-refractivity contribution >= 4 is 23.3 Å². The zero-order chi connectivity index (χ0) is 13.4. The Morgan fingerprint density at radius 2 is 2.22 bits per heavy atom. The van der Waals surface area contributed by atoms with Crippen LogP contribution in [0.3, 0.4) is 0 Å². The van der Waals surface area contributed by atoms with Gasteiger partial charge in [-0.15, -0.1) is 0 Å². The zero-order valence-electron chi connectivity index (χ0n) is 10.6. The monoisotopic (exact) mass is 269 g/mol. The molecule has 4 nitrogen and oxygen atoms in total. The molecule has 0 spiro atoms. The summed E-state index contributed by atoms with van der Waals surface area (Å²) in [5.41, 5.74) is 1.98. The van der Waals surface area contributed by atoms with E-state index < -0.39 is 5.97 Å². The maximum Gasteiger partial charge on any atom is 0.308 e. The number of aliphatic carboxylic acids is 1. The van der Waals surface area contributed by atoms with Gasteiger partial charge in [-0.05, 0) is 31.0 Å². The maximum atomic E-state index is 10.9. The number of nitrogens with zero attached hydrogens (tertiary/aromatic N) is 1. The van der Waals surface area contributed by atoms with Crippen molar-refractivity contribution in [1.82, 2.24) is 0 Å². The van der Waals surface area contributed by atoms with Gasteiger partial charge in [0.2, 0.25) is 0 Å². The van der Waals surface area contributed by atoms with E-state index in [0.717, 1.165) is 11.3 Å². The Kier molecular flexibility index (Phi) is 3.39. The zero-order valence-corrected chi connectivity index (χ0v) is 11.4. The van der Waals surface area contributed by atoms with Crippen molar-refractivity contribution in [3.63, 3.8) is 0 Å². The van der Waals surface area contributed by atoms with E-state index in [0.29, 0.717) is 17.2 Å². The van der Waals surface area contributed by atoms with Crippen LogP contribution in [0.15, 0.2) is 12.1 Å². The van der Waals surface area contributed by atoms with E-state index in [-0.39, 0.29) is 12.0 Å². The SMILES string of the molecule is COc1cc(C)c(N(C)C2CC2C(=O)O)cc1Cl. The normalized spacial score (nSPS) is 21.6. The largest absolute Gasteiger partial charge is 0.495 e. The lowest BCUT2D eigenvalue weighted by molar-refractivity contribution is -0.138. The van der Waals surface area contributed by atoms with Crippen molar-refractivity contribution in [2.24, 2.45) is 5.92 Å². The van der Waals surface area contributed by atoms with Gasteiger partial charge in [0.15, 0.2) is 0 Å². The number of benzene rings is 1. The van der Waals surface area contributed by atoms with Gasteiger partial charge in [0.1, 0.15) is 5.75 Å². The van der Waals surface area contributed by atoms with Crippen LogP contribution in [0.25, 0.3) is 0 Å². The molecule has 5 heteroatoms. The molecule has 1 aliphatic carbocycles. The summed E-state index contributed by atoms with van der Waals surface area (Å²) in [5, 5.41) is 9.49. The van der Waals surface area contributed by atoms with Crippen molar-refractivity contribution in [3.05, 3.63) is 22.7 Å². The minimum absolute atomic E-state index is 0.0608. The van der Waals surface area contributed by atoms with E-state index >= 15 is 0 Å². The second-order valence-electron chi connectivity index (χ2n) is 4.63. The standard InChI is InChI=1S/C13H16ClNO3/c1-7-4-12(18-3)9(14)6-10(7)15(2)11-5-8(11)13(16)17/h4,6,8,11H,5H2,1-3H3,(H,16,17). The summed E-state index contributed by atoms with van der Waals surface area (Å²) in [5.74, 6) is -0.365. The van der Waals surface area contributed by atoms with Gasteiger partial charge in [0, 0.05) is 18.8 Å². The van der Waals surface area contributed by atoms with E-state index in [2.05, 4.69) is 0 Å². The highest BCUT2D eigenvalue weighted by atomic mass is 35.5. The summed E-state index contributed by atoms with van der Waals surface area (Å²) in [6, 6.07) is 3.75. The molecule has 0 aliphatic heterocycles. The molecular weight excluding hydrogens is 254 g/mol. The van der Waals surface area contributed by atoms with Crippen LogP contribution in [0.4, 0.5) is 5.69 Å². The Labute approximate surface area is 111 Å². The molecule has 2 rings (SSSR count). The number of ether oxygens (including phenoxy) is 1. The summed E-state index contributed by atoms with van der Waals surface area (Å²) >= 11 is 6.10. The van der Waals surface area contributed by atoms with Crippen LogP contribution in [0.1, 0.15) is 12.0 Å². The van der Waals surface area contributed by atoms with Crippen LogP contribution in [-0.2, 0) is 4.79 Å². The molecule has 0 aromatic heterocycles. The Balaban J connectivity index is 2.24. The molecule has 2 atom stereocenters. The van der Waals surface area contributed by atoms with Gasteiger partial charge in [-0.25, -0.2) is 0 Å². The first kappa shape index (κ1) is 13.0. The van der Waals surface area contributed by atoms with Gasteiger partial charge < -0.3 is 14.7 Å². The number of aryl methyl sites for hydroxylation is 1. The molecule has 0 heterocycles. The third-order valence-electron chi connectivity index (χ3n) is 3.42. The summed E-state index contributed by atoms with van der Waals surface area (Å²) in [7, 11) is 3.48. The van der Waals surface area contributed by atoms with Gasteiger partial charge in [-0.2, -0.15) is 0 Å². The molecule has 18 heavy (non-hydrogen) atoms. The highest BCUT2D eigenvalue weighted by Gasteiger charge is 2.46. The van der Waals surface area contributed by atoms with Gasteiger partial charge in [-0.1, -0.05) is 11.6 Å². The summed E-state index contributed by atoms with van der Waals surface area (Å²) < 4.78 is 5.15. The minimum Gasteiger partial charge on any atom is -0.495 e. The Morgan fingerprint density at radius 1 is 1.56 bits per heavy atom. The molecule has 1 aromatic rings. The fourth-order valence-electron chi connectivity index (χ4n) is 2.23. The summed E-state index contributed by atoms with van der Waals surface area (Å²) in [6.45, 7) is 1.96. The second kappa shape index (κ2) is 4.69. The number of hydrogen-bond donors (Lipinski definition) is 1. The first-order valence-corrected chi connectivity index (χ1v) is 6.13. The van der Waals surface area contributed by atoms with Gasteiger partial charge in [-0.3, -0.25) is 4.79 Å². The van der Waals surface area contributed by atoms with Crippen LogP contribution in [-0.4, -0.2) is 31.3 Å². The van der Waals surface area contributed by atoms with Crippen molar-refractivity contribution < 1.29 is 14.6 Å². The number of rotatable bonds is 4. The number of carboxylic acid groups (broad SMARTS) is 1. The molecule has 0 saturated heterocycles. The lowest BCUT2D eigenvalue weighted by Crippen LogP contribution is -2.24. The van der Waals surface area contributed by atoms with E-state index in [4.69, 9.17) is 21.4 Å². The van der Waals surface area contributed by atoms with Gasteiger partial charge >= 0.3 is 5.97 Å². The Hall–Kier alpha value is -1.42. The third kappa shape index (κ3) is 2.25. The predicted molar refractivity (Wildman–Crippen MR) is 70.7 cm³/mol. The average molecular weight is 270 g/mol. The lowest BCUT2D eigenvalue weighted by Gasteiger charge is -2.22. The van der Waals surface area contributed by atoms with Crippen LogP contribution in [0.2, 0.25) is 5.02 Å². The summed E-state index contributed by atoms with van der Waals surface area (Å²) in [4.78, 5) is 12.9. The first-order valence-electron chi connectivity index (χ1n) is 5.75. The maximum absolute atomic E-state index is 10.9. The Morgan fingerprint density at radius 3 is 2.72 bits per heavy atom. The number of methoxy groups -OCH3 is 1. The molecular formula is C13H16ClNO3. The fraction of sp³-hybridized carbons (Fsp3) is 0.462. The fourth-order valence-corrected chi connectivity index (χ4v) is 2.47. The second-order valence-corrected chi connectivity index (χ2v) is 5.04. The lowest BCUT2D eigenvalue weighted by atomic mass is 10.1. The number of hydrogen-bond acceptors (Lipinski definition) is 3. The molecule has 1 saturated carbocycles. The number of carbonyl (C=O) groups is 1. The minimum atomic E-state index is -0.732.